The number of ether oxygens (including phenoxy) is 1. The predicted molar refractivity (Wildman–Crippen MR) is 42.6 cm³/mol. The van der Waals surface area contributed by atoms with E-state index in [1.165, 1.54) is 7.11 Å². The molecule has 0 aliphatic carbocycles. The van der Waals surface area contributed by atoms with E-state index in [2.05, 4.69) is 0 Å². The lowest BCUT2D eigenvalue weighted by Gasteiger charge is -2.22. The van der Waals surface area contributed by atoms with Crippen LogP contribution < -0.4 is 0 Å². The van der Waals surface area contributed by atoms with Crippen LogP contribution in [0.15, 0.2) is 0 Å². The highest BCUT2D eigenvalue weighted by molar-refractivity contribution is 5.76. The summed E-state index contributed by atoms with van der Waals surface area (Å²) in [5.74, 6) is -0.881. The Morgan fingerprint density at radius 1 is 1.64 bits per heavy atom. The maximum atomic E-state index is 10.6. The number of hydrogen-bond donors (Lipinski definition) is 1. The zero-order valence-electron chi connectivity index (χ0n) is 7.39. The van der Waals surface area contributed by atoms with Crippen molar-refractivity contribution in [2.24, 2.45) is 0 Å². The minimum Gasteiger partial charge on any atom is -0.479 e. The molecular formula is C8H16O3. The number of aliphatic carboxylic acids is 1. The highest BCUT2D eigenvalue weighted by atomic mass is 16.5. The molecule has 0 spiro atoms. The van der Waals surface area contributed by atoms with Gasteiger partial charge in [-0.2, -0.15) is 0 Å². The average Bonchev–Trinajstić information content (AvgIpc) is 2.00. The van der Waals surface area contributed by atoms with E-state index in [-0.39, 0.29) is 0 Å². The van der Waals surface area contributed by atoms with Crippen LogP contribution in [0.5, 0.6) is 0 Å². The molecule has 0 aliphatic rings. The fourth-order valence-corrected chi connectivity index (χ4v) is 0.810. The highest BCUT2D eigenvalue weighted by Crippen LogP contribution is 2.17. The second kappa shape index (κ2) is 4.34. The lowest BCUT2D eigenvalue weighted by atomic mass is 9.99. The number of carboxylic acid groups (broad SMARTS) is 1. The van der Waals surface area contributed by atoms with Gasteiger partial charge < -0.3 is 9.84 Å². The molecule has 0 saturated carbocycles. The van der Waals surface area contributed by atoms with Crippen LogP contribution in [0.4, 0.5) is 0 Å². The van der Waals surface area contributed by atoms with Crippen LogP contribution in [0.1, 0.15) is 33.1 Å². The lowest BCUT2D eigenvalue weighted by Crippen LogP contribution is -2.37. The summed E-state index contributed by atoms with van der Waals surface area (Å²) < 4.78 is 4.90. The van der Waals surface area contributed by atoms with Crippen LogP contribution in [0.3, 0.4) is 0 Å². The number of carboxylic acids is 1. The fourth-order valence-electron chi connectivity index (χ4n) is 0.810. The maximum Gasteiger partial charge on any atom is 0.335 e. The minimum atomic E-state index is -0.990. The average molecular weight is 160 g/mol. The Balaban J connectivity index is 3.99. The van der Waals surface area contributed by atoms with Gasteiger partial charge in [-0.05, 0) is 13.3 Å². The van der Waals surface area contributed by atoms with E-state index in [9.17, 15) is 4.79 Å². The molecular weight excluding hydrogens is 144 g/mol. The molecule has 3 nitrogen and oxygen atoms in total. The van der Waals surface area contributed by atoms with E-state index >= 15 is 0 Å². The number of rotatable bonds is 5. The van der Waals surface area contributed by atoms with Crippen LogP contribution in [-0.4, -0.2) is 23.8 Å². The third-order valence-electron chi connectivity index (χ3n) is 1.91. The van der Waals surface area contributed by atoms with E-state index in [4.69, 9.17) is 9.84 Å². The van der Waals surface area contributed by atoms with E-state index in [1.54, 1.807) is 6.92 Å². The van der Waals surface area contributed by atoms with Gasteiger partial charge in [0, 0.05) is 7.11 Å². The number of hydrogen-bond acceptors (Lipinski definition) is 2. The molecule has 66 valence electrons. The monoisotopic (exact) mass is 160 g/mol. The largest absolute Gasteiger partial charge is 0.479 e. The third-order valence-corrected chi connectivity index (χ3v) is 1.91. The van der Waals surface area contributed by atoms with Gasteiger partial charge in [0.25, 0.3) is 0 Å². The number of methoxy groups -OCH3 is 1. The molecule has 1 atom stereocenters. The van der Waals surface area contributed by atoms with Crippen molar-refractivity contribution in [3.8, 4) is 0 Å². The van der Waals surface area contributed by atoms with Gasteiger partial charge in [0.15, 0.2) is 5.60 Å². The Bertz CT molecular complexity index is 133. The van der Waals surface area contributed by atoms with Crippen LogP contribution in [0.2, 0.25) is 0 Å². The predicted octanol–water partition coefficient (Wildman–Crippen LogP) is 1.67. The molecule has 0 saturated heterocycles. The summed E-state index contributed by atoms with van der Waals surface area (Å²) in [5, 5.41) is 8.73. The maximum absolute atomic E-state index is 10.6. The Labute approximate surface area is 67.4 Å². The van der Waals surface area contributed by atoms with Crippen molar-refractivity contribution >= 4 is 5.97 Å². The van der Waals surface area contributed by atoms with Crippen molar-refractivity contribution in [2.75, 3.05) is 7.11 Å². The summed E-state index contributed by atoms with van der Waals surface area (Å²) >= 11 is 0. The van der Waals surface area contributed by atoms with Gasteiger partial charge in [-0.3, -0.25) is 0 Å². The normalized spacial score (nSPS) is 15.9. The first-order valence-electron chi connectivity index (χ1n) is 3.85. The molecule has 3 heteroatoms. The molecule has 0 aliphatic heterocycles. The van der Waals surface area contributed by atoms with Crippen molar-refractivity contribution in [2.45, 2.75) is 38.7 Å². The van der Waals surface area contributed by atoms with Gasteiger partial charge in [0.1, 0.15) is 0 Å². The zero-order chi connectivity index (χ0) is 8.91. The third kappa shape index (κ3) is 2.89. The van der Waals surface area contributed by atoms with Crippen molar-refractivity contribution in [1.82, 2.24) is 0 Å². The number of carbonyl (C=O) groups is 1. The highest BCUT2D eigenvalue weighted by Gasteiger charge is 2.31. The summed E-state index contributed by atoms with van der Waals surface area (Å²) in [6.07, 6.45) is 2.46. The summed E-state index contributed by atoms with van der Waals surface area (Å²) in [7, 11) is 1.43. The Morgan fingerprint density at radius 3 is 2.45 bits per heavy atom. The van der Waals surface area contributed by atoms with Gasteiger partial charge in [0.2, 0.25) is 0 Å². The molecule has 0 amide bonds. The molecule has 0 aromatic rings. The molecule has 1 N–H and O–H groups in total. The fraction of sp³-hybridized carbons (Fsp3) is 0.875. The van der Waals surface area contributed by atoms with Crippen LogP contribution in [0.25, 0.3) is 0 Å². The Kier molecular flexibility index (Phi) is 4.11. The van der Waals surface area contributed by atoms with Crippen LogP contribution >= 0.6 is 0 Å². The zero-order valence-corrected chi connectivity index (χ0v) is 7.39. The molecule has 0 radical (unpaired) electrons. The molecule has 0 aromatic heterocycles. The van der Waals surface area contributed by atoms with Crippen molar-refractivity contribution in [3.05, 3.63) is 0 Å². The molecule has 1 unspecified atom stereocenters. The molecule has 0 aromatic carbocycles. The Morgan fingerprint density at radius 2 is 2.18 bits per heavy atom. The van der Waals surface area contributed by atoms with Gasteiger partial charge >= 0.3 is 5.97 Å². The Hall–Kier alpha value is -0.570. The van der Waals surface area contributed by atoms with E-state index in [0.717, 1.165) is 12.8 Å². The second-order valence-corrected chi connectivity index (χ2v) is 2.84. The minimum absolute atomic E-state index is 0.579. The van der Waals surface area contributed by atoms with Crippen molar-refractivity contribution < 1.29 is 14.6 Å². The summed E-state index contributed by atoms with van der Waals surface area (Å²) in [6.45, 7) is 3.63. The topological polar surface area (TPSA) is 46.5 Å². The van der Waals surface area contributed by atoms with Crippen LogP contribution in [-0.2, 0) is 9.53 Å². The quantitative estimate of drug-likeness (QED) is 0.665. The van der Waals surface area contributed by atoms with Crippen molar-refractivity contribution in [3.63, 3.8) is 0 Å². The van der Waals surface area contributed by atoms with Gasteiger partial charge in [-0.25, -0.2) is 4.79 Å². The lowest BCUT2D eigenvalue weighted by molar-refractivity contribution is -0.160. The SMILES string of the molecule is CCCCC(C)(OC)C(=O)O. The summed E-state index contributed by atoms with van der Waals surface area (Å²) in [6, 6.07) is 0. The number of unbranched alkanes of at least 4 members (excludes halogenated alkanes) is 1. The second-order valence-electron chi connectivity index (χ2n) is 2.84. The van der Waals surface area contributed by atoms with E-state index in [0.29, 0.717) is 6.42 Å². The van der Waals surface area contributed by atoms with Crippen LogP contribution in [0, 0.1) is 0 Å². The van der Waals surface area contributed by atoms with Gasteiger partial charge in [0.05, 0.1) is 0 Å². The molecule has 0 rings (SSSR count). The van der Waals surface area contributed by atoms with Crippen molar-refractivity contribution in [1.29, 1.82) is 0 Å². The first-order chi connectivity index (χ1) is 5.06. The van der Waals surface area contributed by atoms with Gasteiger partial charge in [-0.15, -0.1) is 0 Å². The summed E-state index contributed by atoms with van der Waals surface area (Å²) in [5.41, 5.74) is -0.990. The smallest absolute Gasteiger partial charge is 0.335 e. The molecule has 0 bridgehead atoms. The molecule has 0 heterocycles. The van der Waals surface area contributed by atoms with E-state index < -0.39 is 11.6 Å². The summed E-state index contributed by atoms with van der Waals surface area (Å²) in [4.78, 5) is 10.6. The standard InChI is InChI=1S/C8H16O3/c1-4-5-6-8(2,11-3)7(9)10/h4-6H2,1-3H3,(H,9,10). The van der Waals surface area contributed by atoms with E-state index in [1.807, 2.05) is 6.92 Å². The van der Waals surface area contributed by atoms with Gasteiger partial charge in [-0.1, -0.05) is 19.8 Å². The molecule has 11 heavy (non-hydrogen) atoms. The molecule has 0 fully saturated rings. The first kappa shape index (κ1) is 10.4. The first-order valence-corrected chi connectivity index (χ1v) is 3.85.